The Hall–Kier alpha value is -3.12. The molecule has 0 bridgehead atoms. The van der Waals surface area contributed by atoms with Crippen molar-refractivity contribution in [2.75, 3.05) is 13.1 Å². The first-order valence-corrected chi connectivity index (χ1v) is 8.09. The van der Waals surface area contributed by atoms with Crippen LogP contribution in [0.3, 0.4) is 0 Å². The summed E-state index contributed by atoms with van der Waals surface area (Å²) in [5.74, 6) is 0.00201. The quantitative estimate of drug-likeness (QED) is 0.577. The highest BCUT2D eigenvalue weighted by atomic mass is 16.3. The molecule has 1 heterocycles. The summed E-state index contributed by atoms with van der Waals surface area (Å²) in [6.07, 6.45) is 3.66. The summed E-state index contributed by atoms with van der Waals surface area (Å²) in [7, 11) is 0. The fraction of sp³-hybridized carbons (Fsp3) is 0.158. The van der Waals surface area contributed by atoms with Crippen LogP contribution >= 0.6 is 0 Å². The van der Waals surface area contributed by atoms with Crippen LogP contribution in [-0.4, -0.2) is 33.9 Å². The number of hydrogen-bond donors (Lipinski definition) is 3. The number of hydrogen-bond acceptors (Lipinski definition) is 4. The van der Waals surface area contributed by atoms with Crippen molar-refractivity contribution in [3.05, 3.63) is 78.1 Å². The molecule has 6 heteroatoms. The third-order valence-electron chi connectivity index (χ3n) is 3.75. The minimum atomic E-state index is -0.148. The fourth-order valence-corrected chi connectivity index (χ4v) is 2.40. The van der Waals surface area contributed by atoms with E-state index in [0.717, 1.165) is 12.2 Å². The minimum absolute atomic E-state index is 0.148. The molecule has 0 aliphatic carbocycles. The smallest absolute Gasteiger partial charge is 0.251 e. The van der Waals surface area contributed by atoms with Gasteiger partial charge in [-0.15, -0.1) is 0 Å². The van der Waals surface area contributed by atoms with Crippen molar-refractivity contribution in [2.24, 2.45) is 0 Å². The summed E-state index contributed by atoms with van der Waals surface area (Å²) < 4.78 is 1.82. The number of benzene rings is 2. The molecule has 2 aromatic carbocycles. The average molecular weight is 336 g/mol. The molecule has 0 unspecified atom stereocenters. The largest absolute Gasteiger partial charge is 0.508 e. The average Bonchev–Trinajstić information content (AvgIpc) is 3.17. The summed E-state index contributed by atoms with van der Waals surface area (Å²) in [5, 5.41) is 19.5. The second-order valence-electron chi connectivity index (χ2n) is 5.60. The Morgan fingerprint density at radius 3 is 2.48 bits per heavy atom. The number of carbonyl (C=O) groups excluding carboxylic acids is 1. The highest BCUT2D eigenvalue weighted by Gasteiger charge is 2.04. The molecular weight excluding hydrogens is 316 g/mol. The second-order valence-corrected chi connectivity index (χ2v) is 5.60. The molecule has 128 valence electrons. The maximum Gasteiger partial charge on any atom is 0.251 e. The van der Waals surface area contributed by atoms with Gasteiger partial charge in [-0.1, -0.05) is 12.1 Å². The molecule has 0 radical (unpaired) electrons. The number of phenolic OH excluding ortho intramolecular Hbond substituents is 1. The van der Waals surface area contributed by atoms with Gasteiger partial charge in [0.15, 0.2) is 0 Å². The van der Waals surface area contributed by atoms with Gasteiger partial charge in [-0.2, -0.15) is 5.10 Å². The van der Waals surface area contributed by atoms with Gasteiger partial charge in [0.05, 0.1) is 5.69 Å². The van der Waals surface area contributed by atoms with E-state index in [0.29, 0.717) is 18.7 Å². The predicted molar refractivity (Wildman–Crippen MR) is 95.7 cm³/mol. The van der Waals surface area contributed by atoms with E-state index < -0.39 is 0 Å². The summed E-state index contributed by atoms with van der Waals surface area (Å²) in [5.41, 5.74) is 2.72. The third kappa shape index (κ3) is 4.68. The van der Waals surface area contributed by atoms with Crippen molar-refractivity contribution in [1.82, 2.24) is 20.4 Å². The van der Waals surface area contributed by atoms with Gasteiger partial charge < -0.3 is 15.7 Å². The van der Waals surface area contributed by atoms with Crippen molar-refractivity contribution in [2.45, 2.75) is 6.54 Å². The van der Waals surface area contributed by atoms with Gasteiger partial charge in [-0.05, 0) is 48.0 Å². The van der Waals surface area contributed by atoms with Crippen LogP contribution in [0.25, 0.3) is 5.69 Å². The molecular formula is C19H20N4O2. The first-order valence-electron chi connectivity index (χ1n) is 8.09. The number of aromatic hydroxyl groups is 1. The van der Waals surface area contributed by atoms with Crippen LogP contribution in [0.15, 0.2) is 67.0 Å². The lowest BCUT2D eigenvalue weighted by Crippen LogP contribution is -2.31. The number of aromatic nitrogens is 2. The lowest BCUT2D eigenvalue weighted by atomic mass is 10.2. The first-order chi connectivity index (χ1) is 12.2. The molecule has 0 atom stereocenters. The van der Waals surface area contributed by atoms with Crippen molar-refractivity contribution < 1.29 is 9.90 Å². The van der Waals surface area contributed by atoms with Crippen LogP contribution in [0.4, 0.5) is 0 Å². The van der Waals surface area contributed by atoms with Crippen LogP contribution in [0.2, 0.25) is 0 Å². The number of nitrogens with zero attached hydrogens (tertiary/aromatic N) is 2. The zero-order valence-corrected chi connectivity index (χ0v) is 13.7. The summed E-state index contributed by atoms with van der Waals surface area (Å²) in [6.45, 7) is 1.93. The van der Waals surface area contributed by atoms with Crippen LogP contribution in [-0.2, 0) is 6.54 Å². The summed E-state index contributed by atoms with van der Waals surface area (Å²) in [4.78, 5) is 11.9. The van der Waals surface area contributed by atoms with E-state index in [2.05, 4.69) is 27.9 Å². The van der Waals surface area contributed by atoms with E-state index in [1.165, 1.54) is 17.7 Å². The second kappa shape index (κ2) is 8.12. The number of phenols is 1. The number of carbonyl (C=O) groups is 1. The van der Waals surface area contributed by atoms with Crippen molar-refractivity contribution in [3.8, 4) is 11.4 Å². The lowest BCUT2D eigenvalue weighted by Gasteiger charge is -2.08. The predicted octanol–water partition coefficient (Wildman–Crippen LogP) is 2.10. The fourth-order valence-electron chi connectivity index (χ4n) is 2.40. The van der Waals surface area contributed by atoms with Gasteiger partial charge in [0, 0.05) is 37.6 Å². The van der Waals surface area contributed by atoms with E-state index in [1.807, 2.05) is 29.1 Å². The first kappa shape index (κ1) is 16.7. The third-order valence-corrected chi connectivity index (χ3v) is 3.75. The molecule has 0 aliphatic rings. The van der Waals surface area contributed by atoms with Crippen LogP contribution < -0.4 is 10.6 Å². The monoisotopic (exact) mass is 336 g/mol. The Kier molecular flexibility index (Phi) is 5.43. The maximum atomic E-state index is 11.9. The summed E-state index contributed by atoms with van der Waals surface area (Å²) in [6, 6.07) is 16.2. The van der Waals surface area contributed by atoms with Gasteiger partial charge in [0.1, 0.15) is 5.75 Å². The van der Waals surface area contributed by atoms with Crippen molar-refractivity contribution in [3.63, 3.8) is 0 Å². The zero-order valence-electron chi connectivity index (χ0n) is 13.7. The van der Waals surface area contributed by atoms with Crippen molar-refractivity contribution in [1.29, 1.82) is 0 Å². The van der Waals surface area contributed by atoms with Crippen LogP contribution in [0.5, 0.6) is 5.75 Å². The standard InChI is InChI=1S/C19H20N4O2/c24-18-8-4-16(5-9-18)19(25)21-12-11-20-14-15-2-6-17(7-3-15)23-13-1-10-22-23/h1-10,13,20,24H,11-12,14H2,(H,21,25). The van der Waals surface area contributed by atoms with Gasteiger partial charge >= 0.3 is 0 Å². The van der Waals surface area contributed by atoms with E-state index in [1.54, 1.807) is 18.3 Å². The maximum absolute atomic E-state index is 11.9. The molecule has 0 aliphatic heterocycles. The van der Waals surface area contributed by atoms with Gasteiger partial charge in [0.2, 0.25) is 0 Å². The van der Waals surface area contributed by atoms with Gasteiger partial charge in [-0.3, -0.25) is 4.79 Å². The molecule has 25 heavy (non-hydrogen) atoms. The van der Waals surface area contributed by atoms with Crippen LogP contribution in [0, 0.1) is 0 Å². The van der Waals surface area contributed by atoms with E-state index in [4.69, 9.17) is 0 Å². The molecule has 0 saturated carbocycles. The minimum Gasteiger partial charge on any atom is -0.508 e. The zero-order chi connectivity index (χ0) is 17.5. The van der Waals surface area contributed by atoms with E-state index in [-0.39, 0.29) is 11.7 Å². The van der Waals surface area contributed by atoms with Crippen LogP contribution in [0.1, 0.15) is 15.9 Å². The highest BCUT2D eigenvalue weighted by molar-refractivity contribution is 5.94. The highest BCUT2D eigenvalue weighted by Crippen LogP contribution is 2.09. The van der Waals surface area contributed by atoms with E-state index in [9.17, 15) is 9.90 Å². The molecule has 1 aromatic heterocycles. The molecule has 3 rings (SSSR count). The Bertz CT molecular complexity index is 796. The molecule has 0 fully saturated rings. The molecule has 3 N–H and O–H groups in total. The molecule has 0 saturated heterocycles. The SMILES string of the molecule is O=C(NCCNCc1ccc(-n2cccn2)cc1)c1ccc(O)cc1. The molecule has 1 amide bonds. The van der Waals surface area contributed by atoms with Crippen molar-refractivity contribution >= 4 is 5.91 Å². The molecule has 3 aromatic rings. The normalized spacial score (nSPS) is 10.6. The number of amides is 1. The van der Waals surface area contributed by atoms with E-state index >= 15 is 0 Å². The topological polar surface area (TPSA) is 79.2 Å². The molecule has 0 spiro atoms. The Morgan fingerprint density at radius 2 is 1.80 bits per heavy atom. The number of nitrogens with one attached hydrogen (secondary N) is 2. The molecule has 6 nitrogen and oxygen atoms in total. The Balaban J connectivity index is 1.38. The van der Waals surface area contributed by atoms with Gasteiger partial charge in [0.25, 0.3) is 5.91 Å². The Labute approximate surface area is 146 Å². The van der Waals surface area contributed by atoms with Gasteiger partial charge in [-0.25, -0.2) is 4.68 Å². The number of rotatable bonds is 7. The Morgan fingerprint density at radius 1 is 1.04 bits per heavy atom. The summed E-state index contributed by atoms with van der Waals surface area (Å²) >= 11 is 0. The lowest BCUT2D eigenvalue weighted by molar-refractivity contribution is 0.0954.